The Morgan fingerprint density at radius 2 is 1.83 bits per heavy atom. The molecule has 1 heterocycles. The van der Waals surface area contributed by atoms with Crippen LogP contribution in [0.25, 0.3) is 0 Å². The molecule has 0 saturated heterocycles. The molecule has 1 aliphatic heterocycles. The molecule has 0 bridgehead atoms. The summed E-state index contributed by atoms with van der Waals surface area (Å²) in [7, 11) is 0. The summed E-state index contributed by atoms with van der Waals surface area (Å²) in [6, 6.07) is 9.28. The summed E-state index contributed by atoms with van der Waals surface area (Å²) in [6.45, 7) is 5.87. The van der Waals surface area contributed by atoms with Gasteiger partial charge in [0.05, 0.1) is 12.0 Å². The van der Waals surface area contributed by atoms with Crippen molar-refractivity contribution in [1.82, 2.24) is 5.32 Å². The number of hydrogen-bond donors (Lipinski definition) is 1. The van der Waals surface area contributed by atoms with E-state index >= 15 is 0 Å². The molecule has 2 rings (SSSR count). The minimum atomic E-state index is -0.504. The standard InChI is InChI=1S/C19H25NO3/c1-14-9-7-8-12-19(2,3)18(22)20-16(13-23-17(14)21)15-10-5-4-6-11-15/h4-8,10-11,14,16H,9,12-13H2,1-3H3,(H,20,22)/t14-,16+/m1/s1. The van der Waals surface area contributed by atoms with E-state index in [0.29, 0.717) is 12.8 Å². The van der Waals surface area contributed by atoms with Crippen molar-refractivity contribution < 1.29 is 14.3 Å². The van der Waals surface area contributed by atoms with E-state index in [0.717, 1.165) is 5.56 Å². The molecule has 2 atom stereocenters. The van der Waals surface area contributed by atoms with Crippen LogP contribution in [0, 0.1) is 11.3 Å². The van der Waals surface area contributed by atoms with Crippen LogP contribution in [-0.2, 0) is 14.3 Å². The van der Waals surface area contributed by atoms with E-state index in [1.807, 2.05) is 63.3 Å². The van der Waals surface area contributed by atoms with E-state index in [9.17, 15) is 9.59 Å². The van der Waals surface area contributed by atoms with Crippen molar-refractivity contribution in [3.05, 3.63) is 48.0 Å². The smallest absolute Gasteiger partial charge is 0.309 e. The number of allylic oxidation sites excluding steroid dienone is 2. The molecule has 0 saturated carbocycles. The highest BCUT2D eigenvalue weighted by Gasteiger charge is 2.29. The van der Waals surface area contributed by atoms with Crippen molar-refractivity contribution in [2.24, 2.45) is 11.3 Å². The molecule has 0 radical (unpaired) electrons. The van der Waals surface area contributed by atoms with Crippen LogP contribution in [-0.4, -0.2) is 18.5 Å². The van der Waals surface area contributed by atoms with E-state index in [-0.39, 0.29) is 30.4 Å². The molecule has 1 aromatic carbocycles. The van der Waals surface area contributed by atoms with E-state index in [4.69, 9.17) is 4.74 Å². The normalized spacial score (nSPS) is 25.7. The summed E-state index contributed by atoms with van der Waals surface area (Å²) >= 11 is 0. The topological polar surface area (TPSA) is 55.4 Å². The monoisotopic (exact) mass is 315 g/mol. The Labute approximate surface area is 137 Å². The SMILES string of the molecule is C[C@@H]1CC=CCC(C)(C)C(=O)N[C@H](c2ccccc2)COC1=O. The fraction of sp³-hybridized carbons (Fsp3) is 0.474. The van der Waals surface area contributed by atoms with Crippen LogP contribution in [0.2, 0.25) is 0 Å². The van der Waals surface area contributed by atoms with Gasteiger partial charge in [0.15, 0.2) is 0 Å². The number of rotatable bonds is 1. The number of nitrogens with one attached hydrogen (secondary N) is 1. The maximum atomic E-state index is 12.6. The Balaban J connectivity index is 2.26. The highest BCUT2D eigenvalue weighted by Crippen LogP contribution is 2.25. The van der Waals surface area contributed by atoms with Crippen molar-refractivity contribution in [2.75, 3.05) is 6.61 Å². The van der Waals surface area contributed by atoms with Gasteiger partial charge in [0, 0.05) is 5.41 Å². The zero-order chi connectivity index (χ0) is 16.9. The highest BCUT2D eigenvalue weighted by molar-refractivity contribution is 5.82. The molecule has 0 aromatic heterocycles. The van der Waals surface area contributed by atoms with Gasteiger partial charge in [-0.3, -0.25) is 9.59 Å². The Bertz CT molecular complexity index is 578. The van der Waals surface area contributed by atoms with Crippen LogP contribution in [0.4, 0.5) is 0 Å². The van der Waals surface area contributed by atoms with Crippen molar-refractivity contribution in [3.63, 3.8) is 0 Å². The van der Waals surface area contributed by atoms with Gasteiger partial charge in [0.25, 0.3) is 0 Å². The molecule has 124 valence electrons. The number of amides is 1. The molecule has 1 aromatic rings. The minimum absolute atomic E-state index is 0.0410. The number of carbonyl (C=O) groups excluding carboxylic acids is 2. The minimum Gasteiger partial charge on any atom is -0.463 e. The van der Waals surface area contributed by atoms with Gasteiger partial charge in [0.2, 0.25) is 5.91 Å². The second-order valence-electron chi connectivity index (χ2n) is 6.76. The fourth-order valence-corrected chi connectivity index (χ4v) is 2.44. The Hall–Kier alpha value is -2.10. The van der Waals surface area contributed by atoms with Gasteiger partial charge < -0.3 is 10.1 Å². The summed E-state index contributed by atoms with van der Waals surface area (Å²) in [5.41, 5.74) is 0.431. The predicted molar refractivity (Wildman–Crippen MR) is 89.6 cm³/mol. The summed E-state index contributed by atoms with van der Waals surface area (Å²) in [5.74, 6) is -0.453. The highest BCUT2D eigenvalue weighted by atomic mass is 16.5. The second-order valence-corrected chi connectivity index (χ2v) is 6.76. The molecule has 0 aliphatic carbocycles. The first kappa shape index (κ1) is 17.3. The summed E-state index contributed by atoms with van der Waals surface area (Å²) < 4.78 is 5.42. The lowest BCUT2D eigenvalue weighted by atomic mass is 9.87. The summed E-state index contributed by atoms with van der Waals surface area (Å²) in [4.78, 5) is 24.6. The lowest BCUT2D eigenvalue weighted by Crippen LogP contribution is -2.41. The van der Waals surface area contributed by atoms with Gasteiger partial charge in [-0.25, -0.2) is 0 Å². The molecular formula is C19H25NO3. The summed E-state index contributed by atoms with van der Waals surface area (Å²) in [5, 5.41) is 3.03. The largest absolute Gasteiger partial charge is 0.463 e. The first-order valence-corrected chi connectivity index (χ1v) is 8.07. The van der Waals surface area contributed by atoms with Crippen molar-refractivity contribution in [2.45, 2.75) is 39.7 Å². The molecule has 1 amide bonds. The third kappa shape index (κ3) is 4.68. The Morgan fingerprint density at radius 3 is 2.52 bits per heavy atom. The molecular weight excluding hydrogens is 290 g/mol. The zero-order valence-electron chi connectivity index (χ0n) is 14.0. The number of benzene rings is 1. The third-order valence-corrected chi connectivity index (χ3v) is 4.20. The van der Waals surface area contributed by atoms with Crippen LogP contribution in [0.3, 0.4) is 0 Å². The van der Waals surface area contributed by atoms with Gasteiger partial charge in [-0.2, -0.15) is 0 Å². The van der Waals surface area contributed by atoms with Crippen LogP contribution in [0.15, 0.2) is 42.5 Å². The molecule has 23 heavy (non-hydrogen) atoms. The molecule has 1 N–H and O–H groups in total. The lowest BCUT2D eigenvalue weighted by molar-refractivity contribution is -0.149. The van der Waals surface area contributed by atoms with Gasteiger partial charge >= 0.3 is 5.97 Å². The predicted octanol–water partition coefficient (Wildman–Crippen LogP) is 3.40. The van der Waals surface area contributed by atoms with Crippen molar-refractivity contribution in [3.8, 4) is 0 Å². The van der Waals surface area contributed by atoms with E-state index in [2.05, 4.69) is 5.32 Å². The molecule has 0 fully saturated rings. The van der Waals surface area contributed by atoms with Crippen LogP contribution < -0.4 is 5.32 Å². The maximum absolute atomic E-state index is 12.6. The van der Waals surface area contributed by atoms with Crippen LogP contribution in [0.1, 0.15) is 45.2 Å². The molecule has 0 unspecified atom stereocenters. The number of esters is 1. The quantitative estimate of drug-likeness (QED) is 0.638. The average Bonchev–Trinajstić information content (AvgIpc) is 2.54. The number of cyclic esters (lactones) is 1. The summed E-state index contributed by atoms with van der Waals surface area (Å²) in [6.07, 6.45) is 5.20. The maximum Gasteiger partial charge on any atom is 0.309 e. The van der Waals surface area contributed by atoms with Gasteiger partial charge in [-0.15, -0.1) is 0 Å². The average molecular weight is 315 g/mol. The third-order valence-electron chi connectivity index (χ3n) is 4.20. The van der Waals surface area contributed by atoms with Crippen LogP contribution in [0.5, 0.6) is 0 Å². The Kier molecular flexibility index (Phi) is 5.59. The van der Waals surface area contributed by atoms with Crippen LogP contribution >= 0.6 is 0 Å². The molecule has 0 spiro atoms. The Morgan fingerprint density at radius 1 is 1.13 bits per heavy atom. The zero-order valence-corrected chi connectivity index (χ0v) is 14.0. The van der Waals surface area contributed by atoms with Crippen molar-refractivity contribution >= 4 is 11.9 Å². The first-order chi connectivity index (χ1) is 10.9. The van der Waals surface area contributed by atoms with E-state index in [1.165, 1.54) is 0 Å². The van der Waals surface area contributed by atoms with Gasteiger partial charge in [-0.1, -0.05) is 63.3 Å². The number of carbonyl (C=O) groups is 2. The van der Waals surface area contributed by atoms with E-state index in [1.54, 1.807) is 0 Å². The van der Waals surface area contributed by atoms with Crippen molar-refractivity contribution in [1.29, 1.82) is 0 Å². The van der Waals surface area contributed by atoms with E-state index < -0.39 is 5.41 Å². The first-order valence-electron chi connectivity index (χ1n) is 8.07. The molecule has 4 heteroatoms. The number of ether oxygens (including phenoxy) is 1. The lowest BCUT2D eigenvalue weighted by Gasteiger charge is -2.27. The molecule has 4 nitrogen and oxygen atoms in total. The number of hydrogen-bond acceptors (Lipinski definition) is 3. The fourth-order valence-electron chi connectivity index (χ4n) is 2.44. The molecule has 1 aliphatic rings. The second kappa shape index (κ2) is 7.44. The van der Waals surface area contributed by atoms with Gasteiger partial charge in [-0.05, 0) is 18.4 Å². The van der Waals surface area contributed by atoms with Gasteiger partial charge in [0.1, 0.15) is 6.61 Å².